The van der Waals surface area contributed by atoms with Crippen molar-refractivity contribution in [2.75, 3.05) is 0 Å². The highest BCUT2D eigenvalue weighted by atomic mass is 19.3. The molecule has 18 heavy (non-hydrogen) atoms. The smallest absolute Gasteiger partial charge is 0.387 e. The third-order valence-electron chi connectivity index (χ3n) is 2.97. The van der Waals surface area contributed by atoms with Crippen molar-refractivity contribution in [3.05, 3.63) is 27.7 Å². The first kappa shape index (κ1) is 13.0. The lowest BCUT2D eigenvalue weighted by molar-refractivity contribution is -0.0513. The molecule has 0 bridgehead atoms. The van der Waals surface area contributed by atoms with Crippen LogP contribution in [0.1, 0.15) is 37.3 Å². The van der Waals surface area contributed by atoms with Gasteiger partial charge >= 0.3 is 6.61 Å². The Morgan fingerprint density at radius 2 is 2.22 bits per heavy atom. The second-order valence-corrected chi connectivity index (χ2v) is 4.43. The highest BCUT2D eigenvalue weighted by Crippen LogP contribution is 2.31. The molecule has 4 nitrogen and oxygen atoms in total. The second kappa shape index (κ2) is 5.06. The third kappa shape index (κ3) is 2.69. The minimum Gasteiger partial charge on any atom is -0.429 e. The van der Waals surface area contributed by atoms with E-state index in [1.165, 1.54) is 13.0 Å². The summed E-state index contributed by atoms with van der Waals surface area (Å²) in [7, 11) is 0. The van der Waals surface area contributed by atoms with Crippen LogP contribution in [0, 0.1) is 6.92 Å². The molecule has 1 N–H and O–H groups in total. The van der Waals surface area contributed by atoms with E-state index in [9.17, 15) is 13.6 Å². The first-order chi connectivity index (χ1) is 8.47. The molecule has 2 heterocycles. The van der Waals surface area contributed by atoms with Crippen molar-refractivity contribution in [1.82, 2.24) is 4.98 Å². The molecule has 6 heteroatoms. The van der Waals surface area contributed by atoms with E-state index in [-0.39, 0.29) is 18.0 Å². The molecule has 100 valence electrons. The largest absolute Gasteiger partial charge is 0.429 e. The number of rotatable bonds is 3. The van der Waals surface area contributed by atoms with Gasteiger partial charge in [-0.1, -0.05) is 0 Å². The van der Waals surface area contributed by atoms with Crippen LogP contribution in [0.25, 0.3) is 0 Å². The lowest BCUT2D eigenvalue weighted by atomic mass is 10.1. The van der Waals surface area contributed by atoms with Crippen molar-refractivity contribution in [2.45, 2.75) is 45.5 Å². The Morgan fingerprint density at radius 3 is 2.72 bits per heavy atom. The number of H-pyrrole nitrogens is 1. The van der Waals surface area contributed by atoms with Gasteiger partial charge in [-0.3, -0.25) is 4.79 Å². The Labute approximate surface area is 103 Å². The third-order valence-corrected chi connectivity index (χ3v) is 2.97. The van der Waals surface area contributed by atoms with Gasteiger partial charge in [-0.15, -0.1) is 0 Å². The summed E-state index contributed by atoms with van der Waals surface area (Å²) in [6, 6.07) is 1.27. The van der Waals surface area contributed by atoms with Gasteiger partial charge in [0.2, 0.25) is 5.43 Å². The zero-order chi connectivity index (χ0) is 13.3. The van der Waals surface area contributed by atoms with Gasteiger partial charge in [0, 0.05) is 11.8 Å². The maximum absolute atomic E-state index is 12.1. The van der Waals surface area contributed by atoms with Crippen molar-refractivity contribution in [2.24, 2.45) is 0 Å². The van der Waals surface area contributed by atoms with E-state index < -0.39 is 12.0 Å². The number of nitrogens with one attached hydrogen (secondary N) is 1. The van der Waals surface area contributed by atoms with Crippen LogP contribution in [0.2, 0.25) is 0 Å². The molecule has 0 amide bonds. The Morgan fingerprint density at radius 1 is 1.50 bits per heavy atom. The van der Waals surface area contributed by atoms with Crippen LogP contribution in [0.3, 0.4) is 0 Å². The van der Waals surface area contributed by atoms with Gasteiger partial charge in [0.1, 0.15) is 0 Å². The summed E-state index contributed by atoms with van der Waals surface area (Å²) in [5.74, 6) is -0.334. The summed E-state index contributed by atoms with van der Waals surface area (Å²) >= 11 is 0. The summed E-state index contributed by atoms with van der Waals surface area (Å²) in [5, 5.41) is 0. The standard InChI is InChI=1S/C12H15F2NO3/c1-6-3-4-10(17-6)8-5-9(16)11(7(2)15-8)18-12(13)14/h5-6,10,12H,3-4H2,1-2H3,(H,15,16)/t6?,10-/m1/s1. The van der Waals surface area contributed by atoms with Gasteiger partial charge in [0.15, 0.2) is 5.75 Å². The molecule has 1 saturated heterocycles. The van der Waals surface area contributed by atoms with Gasteiger partial charge < -0.3 is 14.5 Å². The van der Waals surface area contributed by atoms with E-state index >= 15 is 0 Å². The fraction of sp³-hybridized carbons (Fsp3) is 0.583. The average molecular weight is 259 g/mol. The van der Waals surface area contributed by atoms with Crippen molar-refractivity contribution in [1.29, 1.82) is 0 Å². The van der Waals surface area contributed by atoms with Crippen LogP contribution in [0.4, 0.5) is 8.78 Å². The van der Waals surface area contributed by atoms with Gasteiger partial charge in [-0.2, -0.15) is 8.78 Å². The molecule has 0 spiro atoms. The number of ether oxygens (including phenoxy) is 2. The first-order valence-corrected chi connectivity index (χ1v) is 5.81. The fourth-order valence-electron chi connectivity index (χ4n) is 2.14. The number of aromatic nitrogens is 1. The molecule has 1 aliphatic heterocycles. The molecule has 1 aromatic heterocycles. The van der Waals surface area contributed by atoms with Gasteiger partial charge in [0.25, 0.3) is 0 Å². The molecular weight excluding hydrogens is 244 g/mol. The van der Waals surface area contributed by atoms with Crippen molar-refractivity contribution >= 4 is 0 Å². The van der Waals surface area contributed by atoms with Crippen LogP contribution in [-0.4, -0.2) is 17.7 Å². The zero-order valence-electron chi connectivity index (χ0n) is 10.2. The van der Waals surface area contributed by atoms with E-state index in [0.717, 1.165) is 12.8 Å². The van der Waals surface area contributed by atoms with Gasteiger partial charge in [-0.25, -0.2) is 0 Å². The summed E-state index contributed by atoms with van der Waals surface area (Å²) in [6.07, 6.45) is 1.70. The highest BCUT2D eigenvalue weighted by Gasteiger charge is 2.25. The maximum atomic E-state index is 12.1. The Hall–Kier alpha value is -1.43. The SMILES string of the molecule is Cc1[nH]c([C@H]2CCC(C)O2)cc(=O)c1OC(F)F. The molecule has 1 aromatic rings. The van der Waals surface area contributed by atoms with E-state index in [0.29, 0.717) is 11.4 Å². The Kier molecular flexibility index (Phi) is 3.65. The normalized spacial score (nSPS) is 23.6. The fourth-order valence-corrected chi connectivity index (χ4v) is 2.14. The molecule has 0 aliphatic carbocycles. The van der Waals surface area contributed by atoms with Gasteiger partial charge in [0.05, 0.1) is 17.9 Å². The number of aromatic amines is 1. The van der Waals surface area contributed by atoms with Crippen molar-refractivity contribution < 1.29 is 18.3 Å². The predicted molar refractivity (Wildman–Crippen MR) is 61.0 cm³/mol. The summed E-state index contributed by atoms with van der Waals surface area (Å²) in [6.45, 7) is 0.485. The Balaban J connectivity index is 2.28. The lowest BCUT2D eigenvalue weighted by Crippen LogP contribution is -2.16. The van der Waals surface area contributed by atoms with Crippen LogP contribution in [0.5, 0.6) is 5.75 Å². The summed E-state index contributed by atoms with van der Waals surface area (Å²) in [4.78, 5) is 14.6. The first-order valence-electron chi connectivity index (χ1n) is 5.81. The predicted octanol–water partition coefficient (Wildman–Crippen LogP) is 2.52. The lowest BCUT2D eigenvalue weighted by Gasteiger charge is -2.14. The van der Waals surface area contributed by atoms with Crippen LogP contribution >= 0.6 is 0 Å². The number of alkyl halides is 2. The van der Waals surface area contributed by atoms with E-state index in [1.54, 1.807) is 0 Å². The number of hydrogen-bond donors (Lipinski definition) is 1. The average Bonchev–Trinajstić information content (AvgIpc) is 2.70. The molecule has 0 radical (unpaired) electrons. The molecule has 2 rings (SSSR count). The minimum atomic E-state index is -3.00. The quantitative estimate of drug-likeness (QED) is 0.907. The zero-order valence-corrected chi connectivity index (χ0v) is 10.2. The molecule has 0 saturated carbocycles. The monoisotopic (exact) mass is 259 g/mol. The minimum absolute atomic E-state index is 0.149. The summed E-state index contributed by atoms with van der Waals surface area (Å²) in [5.41, 5.74) is 0.356. The second-order valence-electron chi connectivity index (χ2n) is 4.43. The maximum Gasteiger partial charge on any atom is 0.387 e. The highest BCUT2D eigenvalue weighted by molar-refractivity contribution is 5.29. The number of aryl methyl sites for hydroxylation is 1. The van der Waals surface area contributed by atoms with Crippen LogP contribution in [-0.2, 0) is 4.74 Å². The molecule has 1 aliphatic rings. The molecule has 0 aromatic carbocycles. The molecular formula is C12H15F2NO3. The molecule has 1 unspecified atom stereocenters. The molecule has 2 atom stereocenters. The van der Waals surface area contributed by atoms with Crippen molar-refractivity contribution in [3.8, 4) is 5.75 Å². The summed E-state index contributed by atoms with van der Waals surface area (Å²) < 4.78 is 34.1. The Bertz CT molecular complexity index is 487. The number of halogens is 2. The molecule has 1 fully saturated rings. The van der Waals surface area contributed by atoms with Crippen LogP contribution in [0.15, 0.2) is 10.9 Å². The number of pyridine rings is 1. The van der Waals surface area contributed by atoms with E-state index in [1.807, 2.05) is 6.92 Å². The topological polar surface area (TPSA) is 51.3 Å². The van der Waals surface area contributed by atoms with E-state index in [4.69, 9.17) is 4.74 Å². The number of hydrogen-bond acceptors (Lipinski definition) is 3. The van der Waals surface area contributed by atoms with E-state index in [2.05, 4.69) is 9.72 Å². The van der Waals surface area contributed by atoms with Crippen molar-refractivity contribution in [3.63, 3.8) is 0 Å². The van der Waals surface area contributed by atoms with Gasteiger partial charge in [-0.05, 0) is 26.7 Å². The van der Waals surface area contributed by atoms with Crippen LogP contribution < -0.4 is 10.2 Å².